The van der Waals surface area contributed by atoms with Gasteiger partial charge in [0.1, 0.15) is 5.75 Å². The minimum absolute atomic E-state index is 0.214. The minimum atomic E-state index is 0.214. The summed E-state index contributed by atoms with van der Waals surface area (Å²) in [5, 5.41) is 3.46. The molecule has 0 aliphatic carbocycles. The molecule has 0 unspecified atom stereocenters. The van der Waals surface area contributed by atoms with Gasteiger partial charge in [-0.25, -0.2) is 0 Å². The van der Waals surface area contributed by atoms with Gasteiger partial charge >= 0.3 is 0 Å². The Hall–Kier alpha value is -1.80. The average molecular weight is 269 g/mol. The second kappa shape index (κ2) is 7.11. The van der Waals surface area contributed by atoms with E-state index in [0.717, 1.165) is 18.8 Å². The van der Waals surface area contributed by atoms with E-state index in [-0.39, 0.29) is 6.10 Å². The predicted octanol–water partition coefficient (Wildman–Crippen LogP) is 4.07. The number of hydrogen-bond acceptors (Lipinski definition) is 2. The van der Waals surface area contributed by atoms with Crippen LogP contribution in [0.1, 0.15) is 30.5 Å². The van der Waals surface area contributed by atoms with Gasteiger partial charge in [-0.3, -0.25) is 0 Å². The SMILES string of the molecule is Cc1ccc(CNCc2cccc(OC(C)C)c2)cc1. The Morgan fingerprint density at radius 1 is 0.950 bits per heavy atom. The molecule has 0 saturated heterocycles. The summed E-state index contributed by atoms with van der Waals surface area (Å²) in [5.74, 6) is 0.939. The van der Waals surface area contributed by atoms with Gasteiger partial charge in [0.25, 0.3) is 0 Å². The summed E-state index contributed by atoms with van der Waals surface area (Å²) < 4.78 is 5.70. The molecule has 0 aromatic heterocycles. The van der Waals surface area contributed by atoms with E-state index in [0.29, 0.717) is 0 Å². The highest BCUT2D eigenvalue weighted by atomic mass is 16.5. The second-order valence-corrected chi connectivity index (χ2v) is 5.40. The smallest absolute Gasteiger partial charge is 0.120 e. The van der Waals surface area contributed by atoms with Crippen molar-refractivity contribution >= 4 is 0 Å². The van der Waals surface area contributed by atoms with Crippen LogP contribution >= 0.6 is 0 Å². The summed E-state index contributed by atoms with van der Waals surface area (Å²) in [7, 11) is 0. The van der Waals surface area contributed by atoms with E-state index < -0.39 is 0 Å². The Morgan fingerprint density at radius 3 is 2.35 bits per heavy atom. The second-order valence-electron chi connectivity index (χ2n) is 5.40. The zero-order chi connectivity index (χ0) is 14.4. The van der Waals surface area contributed by atoms with Crippen LogP contribution in [0.15, 0.2) is 48.5 Å². The molecule has 0 aliphatic rings. The van der Waals surface area contributed by atoms with E-state index >= 15 is 0 Å². The fourth-order valence-electron chi connectivity index (χ4n) is 2.06. The maximum atomic E-state index is 5.70. The van der Waals surface area contributed by atoms with Crippen LogP contribution in [0.3, 0.4) is 0 Å². The van der Waals surface area contributed by atoms with Crippen molar-refractivity contribution in [2.24, 2.45) is 0 Å². The van der Waals surface area contributed by atoms with E-state index in [4.69, 9.17) is 4.74 Å². The number of benzene rings is 2. The number of nitrogens with one attached hydrogen (secondary N) is 1. The first-order valence-electron chi connectivity index (χ1n) is 7.15. The number of aryl methyl sites for hydroxylation is 1. The third kappa shape index (κ3) is 4.71. The quantitative estimate of drug-likeness (QED) is 0.853. The first-order valence-corrected chi connectivity index (χ1v) is 7.15. The van der Waals surface area contributed by atoms with Crippen molar-refractivity contribution in [1.29, 1.82) is 0 Å². The molecule has 2 rings (SSSR count). The van der Waals surface area contributed by atoms with Gasteiger partial charge in [0, 0.05) is 13.1 Å². The minimum Gasteiger partial charge on any atom is -0.491 e. The van der Waals surface area contributed by atoms with E-state index in [9.17, 15) is 0 Å². The van der Waals surface area contributed by atoms with Crippen molar-refractivity contribution in [3.63, 3.8) is 0 Å². The Morgan fingerprint density at radius 2 is 1.65 bits per heavy atom. The van der Waals surface area contributed by atoms with Crippen molar-refractivity contribution < 1.29 is 4.74 Å². The molecule has 0 amide bonds. The summed E-state index contributed by atoms with van der Waals surface area (Å²) >= 11 is 0. The molecule has 0 spiro atoms. The first kappa shape index (κ1) is 14.6. The van der Waals surface area contributed by atoms with Crippen LogP contribution in [0.25, 0.3) is 0 Å². The average Bonchev–Trinajstić information content (AvgIpc) is 2.41. The van der Waals surface area contributed by atoms with Gasteiger partial charge in [-0.2, -0.15) is 0 Å². The summed E-state index contributed by atoms with van der Waals surface area (Å²) in [4.78, 5) is 0. The van der Waals surface area contributed by atoms with Gasteiger partial charge in [-0.05, 0) is 44.0 Å². The summed E-state index contributed by atoms with van der Waals surface area (Å²) in [6, 6.07) is 16.9. The van der Waals surface area contributed by atoms with E-state index in [1.54, 1.807) is 0 Å². The van der Waals surface area contributed by atoms with Crippen LogP contribution in [0.4, 0.5) is 0 Å². The lowest BCUT2D eigenvalue weighted by atomic mass is 10.1. The zero-order valence-corrected chi connectivity index (χ0v) is 12.5. The van der Waals surface area contributed by atoms with Crippen molar-refractivity contribution in [3.8, 4) is 5.75 Å². The van der Waals surface area contributed by atoms with E-state index in [2.05, 4.69) is 48.6 Å². The van der Waals surface area contributed by atoms with Gasteiger partial charge in [0.15, 0.2) is 0 Å². The number of ether oxygens (including phenoxy) is 1. The Balaban J connectivity index is 1.86. The van der Waals surface area contributed by atoms with Crippen molar-refractivity contribution in [3.05, 3.63) is 65.2 Å². The fraction of sp³-hybridized carbons (Fsp3) is 0.333. The van der Waals surface area contributed by atoms with Gasteiger partial charge in [-0.1, -0.05) is 42.0 Å². The molecule has 0 fully saturated rings. The third-order valence-electron chi connectivity index (χ3n) is 3.05. The molecule has 2 heteroatoms. The van der Waals surface area contributed by atoms with Crippen LogP contribution in [0.5, 0.6) is 5.75 Å². The maximum Gasteiger partial charge on any atom is 0.120 e. The molecule has 1 N–H and O–H groups in total. The number of hydrogen-bond donors (Lipinski definition) is 1. The van der Waals surface area contributed by atoms with Crippen LogP contribution in [-0.4, -0.2) is 6.10 Å². The number of rotatable bonds is 6. The highest BCUT2D eigenvalue weighted by molar-refractivity contribution is 5.28. The fourth-order valence-corrected chi connectivity index (χ4v) is 2.06. The summed E-state index contributed by atoms with van der Waals surface area (Å²) in [6.07, 6.45) is 0.214. The Labute approximate surface area is 121 Å². The largest absolute Gasteiger partial charge is 0.491 e. The molecule has 0 aliphatic heterocycles. The molecule has 0 saturated carbocycles. The first-order chi connectivity index (χ1) is 9.63. The standard InChI is InChI=1S/C18H23NO/c1-14(2)20-18-6-4-5-17(11-18)13-19-12-16-9-7-15(3)8-10-16/h4-11,14,19H,12-13H2,1-3H3. The van der Waals surface area contributed by atoms with Crippen LogP contribution < -0.4 is 10.1 Å². The van der Waals surface area contributed by atoms with Crippen LogP contribution in [-0.2, 0) is 13.1 Å². The maximum absolute atomic E-state index is 5.70. The third-order valence-corrected chi connectivity index (χ3v) is 3.05. The van der Waals surface area contributed by atoms with Gasteiger partial charge < -0.3 is 10.1 Å². The summed E-state index contributed by atoms with van der Waals surface area (Å²) in [6.45, 7) is 7.93. The van der Waals surface area contributed by atoms with Crippen molar-refractivity contribution in [2.45, 2.75) is 40.0 Å². The highest BCUT2D eigenvalue weighted by Gasteiger charge is 1.99. The van der Waals surface area contributed by atoms with Crippen molar-refractivity contribution in [2.75, 3.05) is 0 Å². The van der Waals surface area contributed by atoms with Crippen LogP contribution in [0, 0.1) is 6.92 Å². The van der Waals surface area contributed by atoms with E-state index in [1.165, 1.54) is 16.7 Å². The lowest BCUT2D eigenvalue weighted by Crippen LogP contribution is -2.13. The molecule has 2 nitrogen and oxygen atoms in total. The van der Waals surface area contributed by atoms with Gasteiger partial charge in [-0.15, -0.1) is 0 Å². The molecule has 0 heterocycles. The zero-order valence-electron chi connectivity index (χ0n) is 12.5. The monoisotopic (exact) mass is 269 g/mol. The molecule has 106 valence electrons. The highest BCUT2D eigenvalue weighted by Crippen LogP contribution is 2.15. The van der Waals surface area contributed by atoms with Gasteiger partial charge in [0.05, 0.1) is 6.10 Å². The van der Waals surface area contributed by atoms with Crippen LogP contribution in [0.2, 0.25) is 0 Å². The molecule has 20 heavy (non-hydrogen) atoms. The van der Waals surface area contributed by atoms with E-state index in [1.807, 2.05) is 26.0 Å². The topological polar surface area (TPSA) is 21.3 Å². The van der Waals surface area contributed by atoms with Gasteiger partial charge in [0.2, 0.25) is 0 Å². The molecule has 0 atom stereocenters. The normalized spacial score (nSPS) is 10.8. The Bertz CT molecular complexity index is 531. The molecule has 2 aromatic carbocycles. The lowest BCUT2D eigenvalue weighted by molar-refractivity contribution is 0.242. The lowest BCUT2D eigenvalue weighted by Gasteiger charge is -2.11. The Kier molecular flexibility index (Phi) is 5.19. The summed E-state index contributed by atoms with van der Waals surface area (Å²) in [5.41, 5.74) is 3.85. The molecular formula is C18H23NO. The molecule has 0 radical (unpaired) electrons. The van der Waals surface area contributed by atoms with Crippen molar-refractivity contribution in [1.82, 2.24) is 5.32 Å². The molecular weight excluding hydrogens is 246 g/mol. The molecule has 2 aromatic rings. The molecule has 0 bridgehead atoms. The predicted molar refractivity (Wildman–Crippen MR) is 83.9 cm³/mol.